The summed E-state index contributed by atoms with van der Waals surface area (Å²) in [4.78, 5) is 32.0. The lowest BCUT2D eigenvalue weighted by atomic mass is 10.1. The van der Waals surface area contributed by atoms with E-state index in [1.807, 2.05) is 25.1 Å². The van der Waals surface area contributed by atoms with E-state index < -0.39 is 6.04 Å². The molecule has 3 rings (SSSR count). The number of amides is 2. The molecule has 0 aliphatic heterocycles. The second-order valence-corrected chi connectivity index (χ2v) is 10.8. The summed E-state index contributed by atoms with van der Waals surface area (Å²) < 4.78 is 2.35. The lowest BCUT2D eigenvalue weighted by molar-refractivity contribution is -0.123. The molecule has 0 aliphatic carbocycles. The van der Waals surface area contributed by atoms with Crippen molar-refractivity contribution in [3.8, 4) is 0 Å². The Morgan fingerprint density at radius 1 is 1.17 bits per heavy atom. The number of carbonyl (C=O) groups excluding carboxylic acids is 2. The lowest BCUT2D eigenvalue weighted by Crippen LogP contribution is -2.47. The van der Waals surface area contributed by atoms with E-state index in [1.165, 1.54) is 4.88 Å². The van der Waals surface area contributed by atoms with E-state index in [-0.39, 0.29) is 11.8 Å². The third-order valence-electron chi connectivity index (χ3n) is 6.27. The molecule has 0 bridgehead atoms. The average molecular weight is 515 g/mol. The molecule has 2 N–H and O–H groups in total. The van der Waals surface area contributed by atoms with Crippen LogP contribution in [0, 0.1) is 0 Å². The summed E-state index contributed by atoms with van der Waals surface area (Å²) in [6, 6.07) is 9.75. The van der Waals surface area contributed by atoms with E-state index in [2.05, 4.69) is 52.8 Å². The largest absolute Gasteiger partial charge is 0.354 e. The van der Waals surface area contributed by atoms with Gasteiger partial charge in [-0.1, -0.05) is 33.3 Å². The monoisotopic (exact) mass is 514 g/mol. The van der Waals surface area contributed by atoms with Crippen LogP contribution >= 0.6 is 23.1 Å². The van der Waals surface area contributed by atoms with Crippen molar-refractivity contribution < 1.29 is 9.59 Å². The third-order valence-corrected chi connectivity index (χ3v) is 7.84. The van der Waals surface area contributed by atoms with Crippen molar-refractivity contribution in [3.63, 3.8) is 0 Å². The van der Waals surface area contributed by atoms with E-state index in [1.54, 1.807) is 23.1 Å². The Bertz CT molecular complexity index is 1090. The number of imidazole rings is 1. The number of nitrogens with one attached hydrogen (secondary N) is 2. The van der Waals surface area contributed by atoms with Gasteiger partial charge in [-0.05, 0) is 67.3 Å². The molecule has 3 aromatic rings. The van der Waals surface area contributed by atoms with Crippen LogP contribution in [0.25, 0.3) is 11.0 Å². The minimum absolute atomic E-state index is 0.112. The minimum atomic E-state index is -0.533. The summed E-state index contributed by atoms with van der Waals surface area (Å²) in [6.45, 7) is 7.06. The van der Waals surface area contributed by atoms with Crippen LogP contribution in [-0.2, 0) is 11.2 Å². The smallest absolute Gasteiger partial charge is 0.252 e. The molecular weight excluding hydrogens is 476 g/mol. The number of rotatable bonds is 14. The average Bonchev–Trinajstić information content (AvgIpc) is 3.50. The number of fused-ring (bicyclic) bond motifs is 1. The second kappa shape index (κ2) is 13.7. The minimum Gasteiger partial charge on any atom is -0.354 e. The van der Waals surface area contributed by atoms with E-state index in [9.17, 15) is 9.59 Å². The van der Waals surface area contributed by atoms with Gasteiger partial charge in [0.15, 0.2) is 0 Å². The van der Waals surface area contributed by atoms with Gasteiger partial charge in [-0.15, -0.1) is 11.3 Å². The number of hydrogen-bond donors (Lipinski definition) is 2. The van der Waals surface area contributed by atoms with E-state index >= 15 is 0 Å². The van der Waals surface area contributed by atoms with Gasteiger partial charge < -0.3 is 15.2 Å². The van der Waals surface area contributed by atoms with Crippen molar-refractivity contribution >= 4 is 45.9 Å². The normalized spacial score (nSPS) is 12.3. The van der Waals surface area contributed by atoms with Crippen molar-refractivity contribution in [2.75, 3.05) is 18.6 Å². The van der Waals surface area contributed by atoms with Gasteiger partial charge in [0.1, 0.15) is 11.9 Å². The summed E-state index contributed by atoms with van der Waals surface area (Å²) in [5.41, 5.74) is 2.41. The molecule has 0 radical (unpaired) electrons. The maximum absolute atomic E-state index is 13.1. The number of aromatic nitrogens is 2. The maximum Gasteiger partial charge on any atom is 0.252 e. The molecule has 2 amide bonds. The SMILES string of the molecule is CCCC(NC(=O)c1ccc2c(c1)nc(Cc1cccs1)n2C(CC)CC)C(=O)NCCCSC. The fourth-order valence-electron chi connectivity index (χ4n) is 4.40. The summed E-state index contributed by atoms with van der Waals surface area (Å²) in [5, 5.41) is 8.01. The van der Waals surface area contributed by atoms with Crippen LogP contribution < -0.4 is 10.6 Å². The third kappa shape index (κ3) is 7.10. The zero-order valence-electron chi connectivity index (χ0n) is 21.3. The van der Waals surface area contributed by atoms with Crippen LogP contribution in [0.2, 0.25) is 0 Å². The number of benzene rings is 1. The number of hydrogen-bond acceptors (Lipinski definition) is 5. The molecule has 1 atom stereocenters. The number of nitrogens with zero attached hydrogens (tertiary/aromatic N) is 2. The van der Waals surface area contributed by atoms with Gasteiger partial charge in [0, 0.05) is 29.4 Å². The number of carbonyl (C=O) groups is 2. The molecule has 0 spiro atoms. The first-order chi connectivity index (χ1) is 17.0. The van der Waals surface area contributed by atoms with Crippen molar-refractivity contribution in [3.05, 3.63) is 52.0 Å². The maximum atomic E-state index is 13.1. The molecule has 0 fully saturated rings. The summed E-state index contributed by atoms with van der Waals surface area (Å²) >= 11 is 3.50. The van der Waals surface area contributed by atoms with Gasteiger partial charge >= 0.3 is 0 Å². The van der Waals surface area contributed by atoms with Crippen LogP contribution in [0.3, 0.4) is 0 Å². The van der Waals surface area contributed by atoms with Crippen LogP contribution in [0.1, 0.15) is 80.0 Å². The molecule has 6 nitrogen and oxygen atoms in total. The number of thiophene rings is 1. The van der Waals surface area contributed by atoms with Gasteiger partial charge in [-0.25, -0.2) is 4.98 Å². The fraction of sp³-hybridized carbons (Fsp3) is 0.519. The molecule has 35 heavy (non-hydrogen) atoms. The Hall–Kier alpha value is -2.32. The Morgan fingerprint density at radius 3 is 2.63 bits per heavy atom. The van der Waals surface area contributed by atoms with Crippen LogP contribution in [-0.4, -0.2) is 46.0 Å². The molecule has 1 unspecified atom stereocenters. The predicted molar refractivity (Wildman–Crippen MR) is 149 cm³/mol. The molecule has 1 aromatic carbocycles. The van der Waals surface area contributed by atoms with Gasteiger partial charge in [-0.3, -0.25) is 9.59 Å². The summed E-state index contributed by atoms with van der Waals surface area (Å²) in [6.07, 6.45) is 7.21. The molecule has 190 valence electrons. The highest BCUT2D eigenvalue weighted by atomic mass is 32.2. The van der Waals surface area contributed by atoms with Crippen molar-refractivity contribution in [2.45, 2.75) is 71.4 Å². The number of thioether (sulfide) groups is 1. The topological polar surface area (TPSA) is 76.0 Å². The fourth-order valence-corrected chi connectivity index (χ4v) is 5.53. The van der Waals surface area contributed by atoms with Gasteiger partial charge in [0.2, 0.25) is 5.91 Å². The molecule has 0 saturated heterocycles. The predicted octanol–water partition coefficient (Wildman–Crippen LogP) is 5.82. The first-order valence-electron chi connectivity index (χ1n) is 12.6. The van der Waals surface area contributed by atoms with E-state index in [4.69, 9.17) is 4.98 Å². The first-order valence-corrected chi connectivity index (χ1v) is 14.9. The van der Waals surface area contributed by atoms with Crippen LogP contribution in [0.5, 0.6) is 0 Å². The molecule has 2 aromatic heterocycles. The van der Waals surface area contributed by atoms with E-state index in [0.717, 1.165) is 54.7 Å². The van der Waals surface area contributed by atoms with Gasteiger partial charge in [-0.2, -0.15) is 11.8 Å². The summed E-state index contributed by atoms with van der Waals surface area (Å²) in [5.74, 6) is 1.69. The van der Waals surface area contributed by atoms with E-state index in [0.29, 0.717) is 24.6 Å². The van der Waals surface area contributed by atoms with Crippen molar-refractivity contribution in [2.24, 2.45) is 0 Å². The highest BCUT2D eigenvalue weighted by Gasteiger charge is 2.22. The Balaban J connectivity index is 1.83. The zero-order chi connectivity index (χ0) is 25.2. The van der Waals surface area contributed by atoms with Crippen LogP contribution in [0.4, 0.5) is 0 Å². The van der Waals surface area contributed by atoms with Crippen molar-refractivity contribution in [1.29, 1.82) is 0 Å². The molecule has 0 aliphatic rings. The summed E-state index contributed by atoms with van der Waals surface area (Å²) in [7, 11) is 0. The molecule has 0 saturated carbocycles. The van der Waals surface area contributed by atoms with Gasteiger partial charge in [0.25, 0.3) is 5.91 Å². The molecule has 2 heterocycles. The Kier molecular flexibility index (Phi) is 10.7. The Labute approximate surface area is 217 Å². The highest BCUT2D eigenvalue weighted by Crippen LogP contribution is 2.28. The zero-order valence-corrected chi connectivity index (χ0v) is 22.9. The lowest BCUT2D eigenvalue weighted by Gasteiger charge is -2.19. The standard InChI is InChI=1S/C27H38N4O2S2/c1-5-10-22(27(33)28-14-9-15-34-4)30-26(32)19-12-13-24-23(17-19)29-25(18-21-11-8-16-35-21)31(24)20(6-2)7-3/h8,11-13,16-17,20,22H,5-7,9-10,14-15,18H2,1-4H3,(H,28,33)(H,30,32). The quantitative estimate of drug-likeness (QED) is 0.266. The van der Waals surface area contributed by atoms with Crippen molar-refractivity contribution in [1.82, 2.24) is 20.2 Å². The Morgan fingerprint density at radius 2 is 1.97 bits per heavy atom. The van der Waals surface area contributed by atoms with Crippen LogP contribution in [0.15, 0.2) is 35.7 Å². The molecular formula is C27H38N4O2S2. The molecule has 8 heteroatoms. The highest BCUT2D eigenvalue weighted by molar-refractivity contribution is 7.98. The first kappa shape index (κ1) is 27.3. The second-order valence-electron chi connectivity index (χ2n) is 8.78. The van der Waals surface area contributed by atoms with Gasteiger partial charge in [0.05, 0.1) is 11.0 Å².